The maximum absolute atomic E-state index is 10.6. The molecule has 0 atom stereocenters. The highest BCUT2D eigenvalue weighted by molar-refractivity contribution is 5.81. The first-order valence-corrected chi connectivity index (χ1v) is 9.11. The van der Waals surface area contributed by atoms with Gasteiger partial charge in [0, 0.05) is 18.0 Å². The van der Waals surface area contributed by atoms with Crippen molar-refractivity contribution in [3.8, 4) is 0 Å². The molecule has 0 aromatic carbocycles. The van der Waals surface area contributed by atoms with E-state index in [1.165, 1.54) is 35.8 Å². The minimum absolute atomic E-state index is 0.159. The van der Waals surface area contributed by atoms with E-state index < -0.39 is 5.97 Å². The number of hydrogen-bond acceptors (Lipinski definition) is 1. The van der Waals surface area contributed by atoms with Gasteiger partial charge in [-0.3, -0.25) is 0 Å². The fourth-order valence-corrected chi connectivity index (χ4v) is 3.37. The average Bonchev–Trinajstić information content (AvgIpc) is 3.06. The molecule has 0 aliphatic heterocycles. The van der Waals surface area contributed by atoms with Crippen LogP contribution in [0, 0.1) is 5.41 Å². The van der Waals surface area contributed by atoms with Crippen molar-refractivity contribution in [1.29, 1.82) is 0 Å². The van der Waals surface area contributed by atoms with Crippen LogP contribution in [-0.2, 0) is 4.79 Å². The van der Waals surface area contributed by atoms with Crippen molar-refractivity contribution in [1.82, 2.24) is 4.98 Å². The van der Waals surface area contributed by atoms with E-state index in [0.29, 0.717) is 0 Å². The Morgan fingerprint density at radius 1 is 1.23 bits per heavy atom. The van der Waals surface area contributed by atoms with Gasteiger partial charge in [0.25, 0.3) is 0 Å². The molecular formula is C23H29NO2. The Kier molecular flexibility index (Phi) is 6.62. The largest absolute Gasteiger partial charge is 0.478 e. The quantitative estimate of drug-likeness (QED) is 0.483. The summed E-state index contributed by atoms with van der Waals surface area (Å²) in [6.45, 7) is 8.46. The molecule has 0 saturated carbocycles. The molecule has 2 rings (SSSR count). The Hall–Kier alpha value is -2.55. The molecule has 1 aromatic heterocycles. The maximum Gasteiger partial charge on any atom is 0.328 e. The van der Waals surface area contributed by atoms with Gasteiger partial charge >= 0.3 is 5.97 Å². The molecule has 0 unspecified atom stereocenters. The Morgan fingerprint density at radius 2 is 2.00 bits per heavy atom. The first kappa shape index (κ1) is 19.8. The second kappa shape index (κ2) is 8.70. The highest BCUT2D eigenvalue weighted by Crippen LogP contribution is 2.44. The summed E-state index contributed by atoms with van der Waals surface area (Å²) in [6, 6.07) is 4.20. The topological polar surface area (TPSA) is 53.1 Å². The molecule has 1 aliphatic carbocycles. The van der Waals surface area contributed by atoms with Crippen molar-refractivity contribution in [2.24, 2.45) is 5.41 Å². The van der Waals surface area contributed by atoms with Crippen LogP contribution in [0.4, 0.5) is 0 Å². The van der Waals surface area contributed by atoms with Gasteiger partial charge in [-0.15, -0.1) is 0 Å². The molecule has 1 aliphatic rings. The second-order valence-corrected chi connectivity index (χ2v) is 7.54. The molecule has 0 saturated heterocycles. The van der Waals surface area contributed by atoms with E-state index in [1.54, 1.807) is 13.0 Å². The van der Waals surface area contributed by atoms with Crippen molar-refractivity contribution in [3.63, 3.8) is 0 Å². The Morgan fingerprint density at radius 3 is 2.65 bits per heavy atom. The third-order valence-corrected chi connectivity index (χ3v) is 4.79. The van der Waals surface area contributed by atoms with Crippen LogP contribution in [0.25, 0.3) is 5.57 Å². The highest BCUT2D eigenvalue weighted by atomic mass is 16.4. The maximum atomic E-state index is 10.6. The zero-order chi connectivity index (χ0) is 19.2. The minimum atomic E-state index is -0.920. The van der Waals surface area contributed by atoms with Crippen LogP contribution < -0.4 is 0 Å². The lowest BCUT2D eigenvalue weighted by molar-refractivity contribution is -0.131. The van der Waals surface area contributed by atoms with Crippen molar-refractivity contribution in [2.45, 2.75) is 47.0 Å². The van der Waals surface area contributed by atoms with Gasteiger partial charge in [0.1, 0.15) is 0 Å². The summed E-state index contributed by atoms with van der Waals surface area (Å²) in [4.78, 5) is 14.0. The van der Waals surface area contributed by atoms with Gasteiger partial charge in [-0.05, 0) is 67.4 Å². The molecular weight excluding hydrogens is 322 g/mol. The second-order valence-electron chi connectivity index (χ2n) is 7.54. The summed E-state index contributed by atoms with van der Waals surface area (Å²) in [5.41, 5.74) is 6.02. The molecule has 1 heterocycles. The van der Waals surface area contributed by atoms with Crippen LogP contribution in [0.2, 0.25) is 0 Å². The van der Waals surface area contributed by atoms with E-state index in [-0.39, 0.29) is 5.41 Å². The Bertz CT molecular complexity index is 784. The number of allylic oxidation sites excluding steroid dienone is 9. The number of H-pyrrole nitrogens is 1. The number of carboxylic acids is 1. The van der Waals surface area contributed by atoms with Crippen molar-refractivity contribution in [2.75, 3.05) is 0 Å². The number of carboxylic acid groups (broad SMARTS) is 1. The van der Waals surface area contributed by atoms with Gasteiger partial charge < -0.3 is 10.1 Å². The van der Waals surface area contributed by atoms with E-state index in [2.05, 4.69) is 44.0 Å². The zero-order valence-electron chi connectivity index (χ0n) is 16.2. The number of nitrogens with one attached hydrogen (secondary N) is 1. The summed E-state index contributed by atoms with van der Waals surface area (Å²) in [5, 5.41) is 8.73. The average molecular weight is 351 g/mol. The van der Waals surface area contributed by atoms with E-state index in [1.807, 2.05) is 24.4 Å². The first-order valence-electron chi connectivity index (χ1n) is 9.11. The smallest absolute Gasteiger partial charge is 0.328 e. The molecule has 3 nitrogen and oxygen atoms in total. The summed E-state index contributed by atoms with van der Waals surface area (Å²) in [5.74, 6) is -0.920. The van der Waals surface area contributed by atoms with Crippen molar-refractivity contribution < 1.29 is 9.90 Å². The van der Waals surface area contributed by atoms with Gasteiger partial charge in [-0.2, -0.15) is 0 Å². The molecule has 3 heteroatoms. The van der Waals surface area contributed by atoms with Crippen LogP contribution in [0.3, 0.4) is 0 Å². The molecule has 1 aromatic rings. The van der Waals surface area contributed by atoms with Crippen LogP contribution in [0.5, 0.6) is 0 Å². The fraction of sp³-hybridized carbons (Fsp3) is 0.348. The Balaban J connectivity index is 2.23. The number of aliphatic carboxylic acids is 1. The van der Waals surface area contributed by atoms with E-state index >= 15 is 0 Å². The molecule has 0 amide bonds. The van der Waals surface area contributed by atoms with Gasteiger partial charge in [0.15, 0.2) is 0 Å². The summed E-state index contributed by atoms with van der Waals surface area (Å²) in [6.07, 6.45) is 16.8. The zero-order valence-corrected chi connectivity index (χ0v) is 16.2. The number of hydrogen-bond donors (Lipinski definition) is 2. The third-order valence-electron chi connectivity index (χ3n) is 4.79. The number of rotatable bonds is 6. The van der Waals surface area contributed by atoms with Crippen LogP contribution in [-0.4, -0.2) is 16.1 Å². The summed E-state index contributed by atoms with van der Waals surface area (Å²) >= 11 is 0. The molecule has 138 valence electrons. The lowest BCUT2D eigenvalue weighted by atomic mass is 9.71. The normalized spacial score (nSPS) is 18.9. The highest BCUT2D eigenvalue weighted by Gasteiger charge is 2.29. The number of aromatic nitrogens is 1. The lowest BCUT2D eigenvalue weighted by Crippen LogP contribution is -2.19. The van der Waals surface area contributed by atoms with Gasteiger partial charge in [0.05, 0.1) is 0 Å². The predicted molar refractivity (Wildman–Crippen MR) is 109 cm³/mol. The van der Waals surface area contributed by atoms with Gasteiger partial charge in [-0.1, -0.05) is 49.8 Å². The molecule has 0 radical (unpaired) electrons. The van der Waals surface area contributed by atoms with Gasteiger partial charge in [-0.25, -0.2) is 4.79 Å². The predicted octanol–water partition coefficient (Wildman–Crippen LogP) is 6.07. The number of carbonyl (C=O) groups is 1. The fourth-order valence-electron chi connectivity index (χ4n) is 3.37. The number of aromatic amines is 1. The van der Waals surface area contributed by atoms with Crippen LogP contribution >= 0.6 is 0 Å². The molecule has 0 spiro atoms. The van der Waals surface area contributed by atoms with E-state index in [4.69, 9.17) is 5.11 Å². The molecule has 2 N–H and O–H groups in total. The van der Waals surface area contributed by atoms with E-state index in [9.17, 15) is 4.79 Å². The monoisotopic (exact) mass is 351 g/mol. The van der Waals surface area contributed by atoms with Crippen molar-refractivity contribution >= 4 is 11.5 Å². The van der Waals surface area contributed by atoms with Crippen molar-refractivity contribution in [3.05, 3.63) is 77.2 Å². The summed E-state index contributed by atoms with van der Waals surface area (Å²) in [7, 11) is 0. The summed E-state index contributed by atoms with van der Waals surface area (Å²) < 4.78 is 0. The lowest BCUT2D eigenvalue weighted by Gasteiger charge is -2.33. The first-order chi connectivity index (χ1) is 12.3. The standard InChI is InChI=1S/C23H29NO2/c1-17(8-5-9-18(2)16-22(25)26)12-13-20-19(21-11-7-15-24-21)10-6-14-23(20,3)4/h5,7-9,11-13,15-16,24H,6,10,14H2,1-4H3,(H,25,26)/b9-5+,13-12+,17-8+,18-16+. The Labute approximate surface area is 156 Å². The molecule has 0 bridgehead atoms. The molecule has 0 fully saturated rings. The van der Waals surface area contributed by atoms with Crippen LogP contribution in [0.1, 0.15) is 52.7 Å². The minimum Gasteiger partial charge on any atom is -0.478 e. The van der Waals surface area contributed by atoms with E-state index in [0.717, 1.165) is 17.6 Å². The SMILES string of the molecule is CC(/C=C/C1=C(c2ccc[nH]2)CCCC1(C)C)=C\C=C\C(C)=C\C(=O)O. The van der Waals surface area contributed by atoms with Crippen LogP contribution in [0.15, 0.2) is 71.5 Å². The third kappa shape index (κ3) is 5.48. The van der Waals surface area contributed by atoms with Gasteiger partial charge in [0.2, 0.25) is 0 Å². The molecule has 26 heavy (non-hydrogen) atoms.